The highest BCUT2D eigenvalue weighted by atomic mass is 16.7. The molecule has 9 rings (SSSR count). The van der Waals surface area contributed by atoms with Crippen LogP contribution in [0.3, 0.4) is 0 Å². The lowest BCUT2D eigenvalue weighted by Gasteiger charge is -2.24. The van der Waals surface area contributed by atoms with Gasteiger partial charge in [-0.15, -0.1) is 0 Å². The zero-order chi connectivity index (χ0) is 53.8. The second-order valence-electron chi connectivity index (χ2n) is 20.0. The lowest BCUT2D eigenvalue weighted by molar-refractivity contribution is -0.187. The van der Waals surface area contributed by atoms with Crippen molar-refractivity contribution in [2.75, 3.05) is 26.4 Å². The van der Waals surface area contributed by atoms with E-state index in [4.69, 9.17) is 18.9 Å². The topological polar surface area (TPSA) is 101 Å². The Kier molecular flexibility index (Phi) is 34.6. The first-order valence-corrected chi connectivity index (χ1v) is 26.1. The first kappa shape index (κ1) is 64.8. The van der Waals surface area contributed by atoms with Crippen molar-refractivity contribution in [3.8, 4) is 0 Å². The van der Waals surface area contributed by atoms with Gasteiger partial charge in [0.2, 0.25) is 0 Å². The molecule has 9 heteroatoms. The molecule has 2 saturated heterocycles. The Morgan fingerprint density at radius 1 is 0.333 bits per heavy atom. The summed E-state index contributed by atoms with van der Waals surface area (Å²) in [6, 6.07) is 33.2. The smallest absolute Gasteiger partial charge is 0.154 e. The second kappa shape index (κ2) is 38.4. The molecule has 3 aliphatic rings. The number of hydrogen-bond donors (Lipinski definition) is 0. The molecule has 5 heterocycles. The van der Waals surface area contributed by atoms with Crippen molar-refractivity contribution in [1.29, 1.82) is 0 Å². The van der Waals surface area contributed by atoms with Crippen LogP contribution in [0.5, 0.6) is 0 Å². The highest BCUT2D eigenvalue weighted by molar-refractivity contribution is 5.23. The Balaban J connectivity index is 0.000000405. The van der Waals surface area contributed by atoms with Gasteiger partial charge < -0.3 is 18.9 Å². The normalized spacial score (nSPS) is 19.4. The third kappa shape index (κ3) is 35.8. The Morgan fingerprint density at radius 2 is 0.681 bits per heavy atom. The average molecular weight is 986 g/mol. The molecule has 0 amide bonds. The van der Waals surface area contributed by atoms with Gasteiger partial charge in [0.1, 0.15) is 5.82 Å². The molecule has 0 bridgehead atoms. The molecule has 6 aromatic rings. The van der Waals surface area contributed by atoms with Crippen molar-refractivity contribution in [3.05, 3.63) is 183 Å². The minimum absolute atomic E-state index is 0.0196. The minimum Gasteiger partial charge on any atom is -0.353 e. The predicted molar refractivity (Wildman–Crippen MR) is 302 cm³/mol. The van der Waals surface area contributed by atoms with Crippen molar-refractivity contribution in [2.45, 2.75) is 163 Å². The molecule has 396 valence electrons. The fourth-order valence-corrected chi connectivity index (χ4v) is 6.39. The zero-order valence-corrected chi connectivity index (χ0v) is 48.0. The van der Waals surface area contributed by atoms with Crippen LogP contribution in [-0.4, -0.2) is 64.2 Å². The van der Waals surface area contributed by atoms with Gasteiger partial charge in [-0.1, -0.05) is 154 Å². The maximum absolute atomic E-state index is 5.17. The Bertz CT molecular complexity index is 1840. The molecule has 72 heavy (non-hydrogen) atoms. The summed E-state index contributed by atoms with van der Waals surface area (Å²) in [6.07, 6.45) is 11.4. The molecule has 0 atom stereocenters. The van der Waals surface area contributed by atoms with Gasteiger partial charge in [0.15, 0.2) is 12.6 Å². The molecule has 3 fully saturated rings. The van der Waals surface area contributed by atoms with E-state index in [2.05, 4.69) is 173 Å². The molecule has 2 aliphatic heterocycles. The Hall–Kier alpha value is -5.19. The second-order valence-corrected chi connectivity index (χ2v) is 20.0. The number of nitrogens with zero attached hydrogens (tertiary/aromatic N) is 5. The molecule has 9 nitrogen and oxygen atoms in total. The summed E-state index contributed by atoms with van der Waals surface area (Å²) in [6.45, 7) is 40.6. The van der Waals surface area contributed by atoms with Gasteiger partial charge in [-0.05, 0) is 149 Å². The van der Waals surface area contributed by atoms with E-state index >= 15 is 0 Å². The number of benzene rings is 3. The lowest BCUT2D eigenvalue weighted by atomic mass is 9.84. The SMILES string of the molecule is CC1CCC(C)CC1.CC1COC(C)OC1.CC1COC(C)OC1.Cc1ccc(C)cc1.Cc1ccc(C)nc1.Cc1ccc(C)nn1.Cc1cccc(C)c1.Cc1ccccc1C.Cc1cnc(C)nc1. The number of ether oxygens (including phenoxy) is 4. The van der Waals surface area contributed by atoms with Gasteiger partial charge in [0.25, 0.3) is 0 Å². The number of hydrogen-bond acceptors (Lipinski definition) is 9. The van der Waals surface area contributed by atoms with Crippen molar-refractivity contribution in [1.82, 2.24) is 25.1 Å². The standard InChI is InChI=1S/C8H16.3C8H10.C7H9N.2C6H8N2.2C6H12O2/c2*1-7-3-5-8(2)6-4-7;1-7-4-3-5-8(2)6-7;1-7-5-3-4-6-8(7)2;1-6-3-4-7(2)8-5-6;1-5-3-7-6(2)8-4-5;1-5-3-4-6(2)8-7-5;2*1-5-3-7-6(2)8-4-5/h7-8H,3-6H2,1-2H3;3*3-6H,1-2H3;3-5H,1-2H3;2*3-4H,1-2H3;2*5-6H,3-4H2,1-2H3. The van der Waals surface area contributed by atoms with Gasteiger partial charge in [-0.25, -0.2) is 9.97 Å². The molecule has 0 N–H and O–H groups in total. The minimum atomic E-state index is 0.0196. The summed E-state index contributed by atoms with van der Waals surface area (Å²) in [7, 11) is 0. The quantitative estimate of drug-likeness (QED) is 0.147. The van der Waals surface area contributed by atoms with Crippen LogP contribution in [0.2, 0.25) is 0 Å². The highest BCUT2D eigenvalue weighted by Gasteiger charge is 2.15. The summed E-state index contributed by atoms with van der Waals surface area (Å²) < 4.78 is 20.7. The fraction of sp³-hybridized carbons (Fsp3) is 0.508. The molecule has 0 spiro atoms. The van der Waals surface area contributed by atoms with Gasteiger partial charge in [0.05, 0.1) is 37.8 Å². The molecule has 0 unspecified atom stereocenters. The van der Waals surface area contributed by atoms with Crippen LogP contribution >= 0.6 is 0 Å². The summed E-state index contributed by atoms with van der Waals surface area (Å²) in [5.74, 6) is 4.02. The van der Waals surface area contributed by atoms with Crippen molar-refractivity contribution >= 4 is 0 Å². The maximum Gasteiger partial charge on any atom is 0.154 e. The lowest BCUT2D eigenvalue weighted by Crippen LogP contribution is -2.27. The van der Waals surface area contributed by atoms with E-state index in [1.54, 1.807) is 0 Å². The Morgan fingerprint density at radius 3 is 0.944 bits per heavy atom. The summed E-state index contributed by atoms with van der Waals surface area (Å²) in [5.41, 5.74) is 13.4. The average Bonchev–Trinajstić information content (AvgIpc) is 3.35. The van der Waals surface area contributed by atoms with Crippen LogP contribution in [0.25, 0.3) is 0 Å². The van der Waals surface area contributed by atoms with E-state index in [0.29, 0.717) is 11.8 Å². The summed E-state index contributed by atoms with van der Waals surface area (Å²) in [4.78, 5) is 12.0. The molecule has 1 saturated carbocycles. The first-order valence-electron chi connectivity index (χ1n) is 26.1. The largest absolute Gasteiger partial charge is 0.353 e. The van der Waals surface area contributed by atoms with Crippen LogP contribution in [0, 0.1) is 107 Å². The van der Waals surface area contributed by atoms with Crippen LogP contribution < -0.4 is 0 Å². The first-order chi connectivity index (χ1) is 34.1. The number of aryl methyl sites for hydroxylation is 12. The van der Waals surface area contributed by atoms with Crippen LogP contribution in [0.1, 0.15) is 135 Å². The highest BCUT2D eigenvalue weighted by Crippen LogP contribution is 2.27. The molecule has 3 aromatic carbocycles. The molecular weight excluding hydrogens is 891 g/mol. The van der Waals surface area contributed by atoms with Crippen molar-refractivity contribution < 1.29 is 18.9 Å². The number of pyridine rings is 1. The number of rotatable bonds is 0. The van der Waals surface area contributed by atoms with Crippen molar-refractivity contribution in [3.63, 3.8) is 0 Å². The maximum atomic E-state index is 5.17. The summed E-state index contributed by atoms with van der Waals surface area (Å²) >= 11 is 0. The van der Waals surface area contributed by atoms with Gasteiger partial charge in [0, 0.05) is 36.1 Å². The van der Waals surface area contributed by atoms with Crippen molar-refractivity contribution in [2.24, 2.45) is 23.7 Å². The monoisotopic (exact) mass is 986 g/mol. The molecule has 3 aromatic heterocycles. The van der Waals surface area contributed by atoms with Gasteiger partial charge >= 0.3 is 0 Å². The third-order valence-electron chi connectivity index (χ3n) is 11.5. The van der Waals surface area contributed by atoms with Crippen LogP contribution in [0.4, 0.5) is 0 Å². The van der Waals surface area contributed by atoms with E-state index < -0.39 is 0 Å². The Labute approximate surface area is 438 Å². The van der Waals surface area contributed by atoms with E-state index in [9.17, 15) is 0 Å². The summed E-state index contributed by atoms with van der Waals surface area (Å²) in [5, 5.41) is 7.66. The number of aromatic nitrogens is 5. The molecule has 1 aliphatic carbocycles. The van der Waals surface area contributed by atoms with E-state index in [1.807, 2.05) is 92.2 Å². The van der Waals surface area contributed by atoms with Crippen LogP contribution in [0.15, 0.2) is 116 Å². The van der Waals surface area contributed by atoms with E-state index in [-0.39, 0.29) is 12.6 Å². The van der Waals surface area contributed by atoms with Crippen LogP contribution in [-0.2, 0) is 18.9 Å². The molecule has 0 radical (unpaired) electrons. The van der Waals surface area contributed by atoms with Gasteiger partial charge in [-0.3, -0.25) is 4.98 Å². The van der Waals surface area contributed by atoms with E-state index in [0.717, 1.165) is 66.7 Å². The van der Waals surface area contributed by atoms with Gasteiger partial charge in [-0.2, -0.15) is 10.2 Å². The third-order valence-corrected chi connectivity index (χ3v) is 11.5. The fourth-order valence-electron chi connectivity index (χ4n) is 6.39. The zero-order valence-electron chi connectivity index (χ0n) is 48.0. The van der Waals surface area contributed by atoms with E-state index in [1.165, 1.54) is 64.6 Å². The molecular formula is C63H95N5O4. The predicted octanol–water partition coefficient (Wildman–Crippen LogP) is 15.7.